The molecule has 1 saturated heterocycles. The van der Waals surface area contributed by atoms with E-state index in [1.165, 1.54) is 0 Å². The average molecular weight is 342 g/mol. The minimum Gasteiger partial charge on any atom is -0.353 e. The molecule has 0 bridgehead atoms. The molecule has 128 valence electrons. The van der Waals surface area contributed by atoms with Crippen LogP contribution in [0.25, 0.3) is 0 Å². The van der Waals surface area contributed by atoms with E-state index in [4.69, 9.17) is 0 Å². The fourth-order valence-electron chi connectivity index (χ4n) is 3.04. The van der Waals surface area contributed by atoms with Gasteiger partial charge in [-0.05, 0) is 53.5 Å². The number of carbonyl (C=O) groups excluding carboxylic acids is 1. The van der Waals surface area contributed by atoms with Crippen molar-refractivity contribution < 1.29 is 4.79 Å². The van der Waals surface area contributed by atoms with Crippen molar-refractivity contribution in [3.05, 3.63) is 0 Å². The quantitative estimate of drug-likeness (QED) is 0.748. The number of amides is 1. The van der Waals surface area contributed by atoms with Gasteiger partial charge in [-0.3, -0.25) is 9.69 Å². The Labute approximate surface area is 142 Å². The van der Waals surface area contributed by atoms with Gasteiger partial charge in [-0.25, -0.2) is 0 Å². The van der Waals surface area contributed by atoms with Crippen LogP contribution < -0.4 is 10.6 Å². The molecule has 1 amide bonds. The van der Waals surface area contributed by atoms with Gasteiger partial charge in [0, 0.05) is 25.2 Å². The first-order valence-corrected chi connectivity index (χ1v) is 7.72. The lowest BCUT2D eigenvalue weighted by molar-refractivity contribution is -0.127. The Balaban J connectivity index is 0. The normalized spacial score (nSPS) is 21.3. The van der Waals surface area contributed by atoms with E-state index in [1.54, 1.807) is 0 Å². The summed E-state index contributed by atoms with van der Waals surface area (Å²) in [5, 5.41) is 6.49. The van der Waals surface area contributed by atoms with E-state index in [-0.39, 0.29) is 36.3 Å². The summed E-state index contributed by atoms with van der Waals surface area (Å²) < 4.78 is 0. The molecule has 2 N–H and O–H groups in total. The van der Waals surface area contributed by atoms with Crippen molar-refractivity contribution in [2.45, 2.75) is 71.5 Å². The molecule has 0 aromatic carbocycles. The van der Waals surface area contributed by atoms with Gasteiger partial charge < -0.3 is 10.6 Å². The van der Waals surface area contributed by atoms with Gasteiger partial charge in [0.15, 0.2) is 0 Å². The van der Waals surface area contributed by atoms with Crippen LogP contribution in [-0.4, -0.2) is 48.1 Å². The maximum atomic E-state index is 12.3. The van der Waals surface area contributed by atoms with E-state index < -0.39 is 0 Å². The molecule has 1 heterocycles. The van der Waals surface area contributed by atoms with Crippen LogP contribution in [0, 0.1) is 0 Å². The molecule has 1 fully saturated rings. The van der Waals surface area contributed by atoms with Crippen LogP contribution in [0.1, 0.15) is 53.9 Å². The molecule has 1 aliphatic heterocycles. The highest BCUT2D eigenvalue weighted by atomic mass is 35.5. The van der Waals surface area contributed by atoms with Gasteiger partial charge in [-0.2, -0.15) is 0 Å². The van der Waals surface area contributed by atoms with Gasteiger partial charge in [-0.15, -0.1) is 24.8 Å². The largest absolute Gasteiger partial charge is 0.353 e. The van der Waals surface area contributed by atoms with E-state index in [0.29, 0.717) is 12.1 Å². The summed E-state index contributed by atoms with van der Waals surface area (Å²) in [7, 11) is 0. The summed E-state index contributed by atoms with van der Waals surface area (Å²) in [6.45, 7) is 13.5. The maximum absolute atomic E-state index is 12.3. The molecule has 1 unspecified atom stereocenters. The standard InChI is InChI=1S/C15H31N3O.2ClH/c1-6-15(8-7-9-17-15)14(19)16-10-11-18(12(2)3)13(4)5;;/h12-13,17H,6-11H2,1-5H3,(H,16,19);2*1H. The molecule has 0 spiro atoms. The number of nitrogens with zero attached hydrogens (tertiary/aromatic N) is 1. The molecule has 0 radical (unpaired) electrons. The van der Waals surface area contributed by atoms with Gasteiger partial charge in [0.2, 0.25) is 5.91 Å². The minimum absolute atomic E-state index is 0. The molecule has 6 heteroatoms. The number of rotatable bonds is 7. The molecule has 0 aromatic rings. The number of carbonyl (C=O) groups is 1. The second-order valence-electron chi connectivity index (χ2n) is 6.15. The topological polar surface area (TPSA) is 44.4 Å². The first kappa shape index (κ1) is 23.2. The molecular formula is C15H33Cl2N3O. The van der Waals surface area contributed by atoms with Crippen molar-refractivity contribution in [3.8, 4) is 0 Å². The molecule has 21 heavy (non-hydrogen) atoms. The number of nitrogens with one attached hydrogen (secondary N) is 2. The zero-order valence-electron chi connectivity index (χ0n) is 14.1. The fourth-order valence-corrected chi connectivity index (χ4v) is 3.04. The summed E-state index contributed by atoms with van der Waals surface area (Å²) in [5.41, 5.74) is -0.305. The third kappa shape index (κ3) is 6.31. The number of halogens is 2. The van der Waals surface area contributed by atoms with Crippen molar-refractivity contribution in [2.75, 3.05) is 19.6 Å². The minimum atomic E-state index is -0.305. The Hall–Kier alpha value is -0.0300. The smallest absolute Gasteiger partial charge is 0.240 e. The predicted molar refractivity (Wildman–Crippen MR) is 94.7 cm³/mol. The van der Waals surface area contributed by atoms with Crippen LogP contribution in [0.5, 0.6) is 0 Å². The monoisotopic (exact) mass is 341 g/mol. The van der Waals surface area contributed by atoms with E-state index in [2.05, 4.69) is 50.2 Å². The van der Waals surface area contributed by atoms with Crippen LogP contribution in [0.2, 0.25) is 0 Å². The highest BCUT2D eigenvalue weighted by Gasteiger charge is 2.38. The summed E-state index contributed by atoms with van der Waals surface area (Å²) in [5.74, 6) is 0.181. The van der Waals surface area contributed by atoms with Crippen LogP contribution in [-0.2, 0) is 4.79 Å². The zero-order chi connectivity index (χ0) is 14.5. The molecule has 0 aliphatic carbocycles. The first-order chi connectivity index (χ1) is 8.93. The van der Waals surface area contributed by atoms with Gasteiger partial charge in [0.25, 0.3) is 0 Å². The van der Waals surface area contributed by atoms with Crippen LogP contribution in [0.4, 0.5) is 0 Å². The summed E-state index contributed by atoms with van der Waals surface area (Å²) in [6, 6.07) is 1.03. The Kier molecular flexibility index (Phi) is 11.8. The lowest BCUT2D eigenvalue weighted by Gasteiger charge is -2.32. The third-order valence-electron chi connectivity index (χ3n) is 4.26. The summed E-state index contributed by atoms with van der Waals surface area (Å²) in [4.78, 5) is 14.7. The Morgan fingerprint density at radius 2 is 1.81 bits per heavy atom. The molecule has 1 atom stereocenters. The first-order valence-electron chi connectivity index (χ1n) is 7.72. The van der Waals surface area contributed by atoms with Crippen LogP contribution >= 0.6 is 24.8 Å². The maximum Gasteiger partial charge on any atom is 0.240 e. The van der Waals surface area contributed by atoms with E-state index in [0.717, 1.165) is 38.9 Å². The van der Waals surface area contributed by atoms with Gasteiger partial charge in [0.1, 0.15) is 0 Å². The van der Waals surface area contributed by atoms with Crippen molar-refractivity contribution in [1.29, 1.82) is 0 Å². The second-order valence-corrected chi connectivity index (χ2v) is 6.15. The molecule has 4 nitrogen and oxygen atoms in total. The second kappa shape index (κ2) is 10.7. The molecule has 1 rings (SSSR count). The lowest BCUT2D eigenvalue weighted by atomic mass is 9.93. The van der Waals surface area contributed by atoms with Crippen molar-refractivity contribution in [1.82, 2.24) is 15.5 Å². The predicted octanol–water partition coefficient (Wildman–Crippen LogP) is 2.60. The fraction of sp³-hybridized carbons (Fsp3) is 0.933. The van der Waals surface area contributed by atoms with Gasteiger partial charge in [-0.1, -0.05) is 6.92 Å². The number of hydrogen-bond acceptors (Lipinski definition) is 3. The van der Waals surface area contributed by atoms with Gasteiger partial charge in [0.05, 0.1) is 5.54 Å². The lowest BCUT2D eigenvalue weighted by Crippen LogP contribution is -2.54. The molecule has 1 aliphatic rings. The third-order valence-corrected chi connectivity index (χ3v) is 4.26. The Morgan fingerprint density at radius 1 is 1.24 bits per heavy atom. The SMILES string of the molecule is CCC1(C(=O)NCCN(C(C)C)C(C)C)CCCN1.Cl.Cl. The number of hydrogen-bond donors (Lipinski definition) is 2. The van der Waals surface area contributed by atoms with Crippen molar-refractivity contribution >= 4 is 30.7 Å². The van der Waals surface area contributed by atoms with E-state index >= 15 is 0 Å². The Morgan fingerprint density at radius 3 is 2.19 bits per heavy atom. The Bertz CT molecular complexity index is 285. The van der Waals surface area contributed by atoms with Crippen LogP contribution in [0.15, 0.2) is 0 Å². The average Bonchev–Trinajstić information content (AvgIpc) is 2.83. The highest BCUT2D eigenvalue weighted by Crippen LogP contribution is 2.22. The summed E-state index contributed by atoms with van der Waals surface area (Å²) in [6.07, 6.45) is 2.94. The van der Waals surface area contributed by atoms with Gasteiger partial charge >= 0.3 is 0 Å². The van der Waals surface area contributed by atoms with E-state index in [9.17, 15) is 4.79 Å². The van der Waals surface area contributed by atoms with E-state index in [1.807, 2.05) is 0 Å². The summed E-state index contributed by atoms with van der Waals surface area (Å²) >= 11 is 0. The zero-order valence-corrected chi connectivity index (χ0v) is 15.7. The molecule has 0 saturated carbocycles. The highest BCUT2D eigenvalue weighted by molar-refractivity contribution is 5.86. The van der Waals surface area contributed by atoms with Crippen molar-refractivity contribution in [3.63, 3.8) is 0 Å². The molecule has 0 aromatic heterocycles. The molecular weight excluding hydrogens is 309 g/mol. The van der Waals surface area contributed by atoms with Crippen LogP contribution in [0.3, 0.4) is 0 Å². The van der Waals surface area contributed by atoms with Crippen molar-refractivity contribution in [2.24, 2.45) is 0 Å².